The minimum absolute atomic E-state index is 0.212. The van der Waals surface area contributed by atoms with Gasteiger partial charge < -0.3 is 15.5 Å². The van der Waals surface area contributed by atoms with E-state index in [1.807, 2.05) is 4.90 Å². The smallest absolute Gasteiger partial charge is 0.170 e. The van der Waals surface area contributed by atoms with E-state index in [4.69, 9.17) is 5.73 Å². The average molecular weight is 281 g/mol. The second-order valence-electron chi connectivity index (χ2n) is 5.44. The highest BCUT2D eigenvalue weighted by Gasteiger charge is 2.21. The van der Waals surface area contributed by atoms with Crippen LogP contribution < -0.4 is 10.6 Å². The van der Waals surface area contributed by atoms with Crippen LogP contribution in [0.4, 0.5) is 10.2 Å². The molecular formula is C14H24FN5. The van der Waals surface area contributed by atoms with Crippen molar-refractivity contribution < 1.29 is 4.39 Å². The Morgan fingerprint density at radius 3 is 2.60 bits per heavy atom. The summed E-state index contributed by atoms with van der Waals surface area (Å²) in [5.41, 5.74) is 6.07. The van der Waals surface area contributed by atoms with Crippen molar-refractivity contribution in [2.75, 3.05) is 58.3 Å². The number of aromatic nitrogens is 1. The van der Waals surface area contributed by atoms with Crippen LogP contribution in [0.25, 0.3) is 0 Å². The number of halogens is 1. The molecule has 1 aromatic heterocycles. The van der Waals surface area contributed by atoms with Gasteiger partial charge in [0.15, 0.2) is 11.6 Å². The topological polar surface area (TPSA) is 48.6 Å². The van der Waals surface area contributed by atoms with E-state index >= 15 is 0 Å². The predicted octanol–water partition coefficient (Wildman–Crippen LogP) is 0.363. The van der Waals surface area contributed by atoms with Crippen LogP contribution in [0.15, 0.2) is 12.3 Å². The van der Waals surface area contributed by atoms with E-state index in [0.717, 1.165) is 39.3 Å². The van der Waals surface area contributed by atoms with Crippen molar-refractivity contribution >= 4 is 5.82 Å². The molecule has 1 saturated heterocycles. The third kappa shape index (κ3) is 3.65. The molecular weight excluding hydrogens is 257 g/mol. The van der Waals surface area contributed by atoms with E-state index in [0.29, 0.717) is 11.4 Å². The van der Waals surface area contributed by atoms with E-state index in [-0.39, 0.29) is 12.4 Å². The number of hydrogen-bond acceptors (Lipinski definition) is 5. The molecule has 0 unspecified atom stereocenters. The Labute approximate surface area is 120 Å². The summed E-state index contributed by atoms with van der Waals surface area (Å²) in [4.78, 5) is 10.8. The second-order valence-corrected chi connectivity index (χ2v) is 5.44. The average Bonchev–Trinajstić information content (AvgIpc) is 2.46. The van der Waals surface area contributed by atoms with Crippen LogP contribution in [-0.2, 0) is 6.54 Å². The molecule has 5 nitrogen and oxygen atoms in total. The van der Waals surface area contributed by atoms with E-state index in [2.05, 4.69) is 28.9 Å². The Morgan fingerprint density at radius 1 is 1.30 bits per heavy atom. The molecule has 1 aliphatic heterocycles. The van der Waals surface area contributed by atoms with Gasteiger partial charge in [-0.2, -0.15) is 0 Å². The summed E-state index contributed by atoms with van der Waals surface area (Å²) < 4.78 is 14.2. The minimum atomic E-state index is -0.267. The Balaban J connectivity index is 1.94. The molecule has 1 fully saturated rings. The van der Waals surface area contributed by atoms with Crippen LogP contribution in [0.3, 0.4) is 0 Å². The third-order valence-electron chi connectivity index (χ3n) is 3.71. The van der Waals surface area contributed by atoms with Crippen LogP contribution in [0, 0.1) is 5.82 Å². The largest absolute Gasteiger partial charge is 0.352 e. The summed E-state index contributed by atoms with van der Waals surface area (Å²) in [5.74, 6) is 0.178. The van der Waals surface area contributed by atoms with Gasteiger partial charge in [0.2, 0.25) is 0 Å². The lowest BCUT2D eigenvalue weighted by atomic mass is 10.2. The van der Waals surface area contributed by atoms with Crippen molar-refractivity contribution in [1.29, 1.82) is 0 Å². The zero-order chi connectivity index (χ0) is 14.5. The van der Waals surface area contributed by atoms with Crippen molar-refractivity contribution in [3.05, 3.63) is 23.6 Å². The van der Waals surface area contributed by atoms with Gasteiger partial charge in [0.05, 0.1) is 0 Å². The summed E-state index contributed by atoms with van der Waals surface area (Å²) >= 11 is 0. The number of anilines is 1. The Hall–Kier alpha value is -1.24. The zero-order valence-corrected chi connectivity index (χ0v) is 12.3. The van der Waals surface area contributed by atoms with Crippen LogP contribution in [0.2, 0.25) is 0 Å². The molecule has 1 aromatic rings. The highest BCUT2D eigenvalue weighted by atomic mass is 19.1. The maximum Gasteiger partial charge on any atom is 0.170 e. The fourth-order valence-corrected chi connectivity index (χ4v) is 2.37. The molecule has 0 aromatic carbocycles. The molecule has 2 N–H and O–H groups in total. The lowest BCUT2D eigenvalue weighted by molar-refractivity contribution is 0.228. The first-order chi connectivity index (χ1) is 9.61. The fourth-order valence-electron chi connectivity index (χ4n) is 2.37. The molecule has 0 radical (unpaired) electrons. The molecule has 20 heavy (non-hydrogen) atoms. The molecule has 0 saturated carbocycles. The molecule has 0 atom stereocenters. The van der Waals surface area contributed by atoms with Crippen molar-refractivity contribution in [3.8, 4) is 0 Å². The predicted molar refractivity (Wildman–Crippen MR) is 79.3 cm³/mol. The molecule has 0 amide bonds. The van der Waals surface area contributed by atoms with Gasteiger partial charge in [0.25, 0.3) is 0 Å². The molecule has 112 valence electrons. The summed E-state index contributed by atoms with van der Waals surface area (Å²) in [6, 6.07) is 1.65. The Bertz CT molecular complexity index is 430. The van der Waals surface area contributed by atoms with Crippen molar-refractivity contribution in [2.45, 2.75) is 6.54 Å². The first kappa shape index (κ1) is 15.2. The quantitative estimate of drug-likeness (QED) is 0.845. The minimum Gasteiger partial charge on any atom is -0.352 e. The van der Waals surface area contributed by atoms with E-state index in [1.54, 1.807) is 12.3 Å². The van der Waals surface area contributed by atoms with Gasteiger partial charge in [-0.25, -0.2) is 9.37 Å². The van der Waals surface area contributed by atoms with Gasteiger partial charge in [0.1, 0.15) is 0 Å². The number of nitrogens with zero attached hydrogens (tertiary/aromatic N) is 4. The van der Waals surface area contributed by atoms with Crippen LogP contribution in [-0.4, -0.2) is 68.1 Å². The van der Waals surface area contributed by atoms with Gasteiger partial charge in [-0.15, -0.1) is 0 Å². The lowest BCUT2D eigenvalue weighted by Gasteiger charge is -2.36. The van der Waals surface area contributed by atoms with Gasteiger partial charge in [-0.05, 0) is 20.2 Å². The number of pyridine rings is 1. The van der Waals surface area contributed by atoms with Gasteiger partial charge >= 0.3 is 0 Å². The zero-order valence-electron chi connectivity index (χ0n) is 12.3. The molecule has 2 rings (SSSR count). The molecule has 2 heterocycles. The van der Waals surface area contributed by atoms with E-state index < -0.39 is 0 Å². The summed E-state index contributed by atoms with van der Waals surface area (Å²) in [6.07, 6.45) is 1.64. The Kier molecular flexibility index (Phi) is 5.28. The van der Waals surface area contributed by atoms with Crippen LogP contribution in [0.5, 0.6) is 0 Å². The number of hydrogen-bond donors (Lipinski definition) is 1. The number of nitrogens with two attached hydrogens (primary N) is 1. The highest BCUT2D eigenvalue weighted by Crippen LogP contribution is 2.20. The highest BCUT2D eigenvalue weighted by molar-refractivity contribution is 5.43. The molecule has 1 aliphatic rings. The maximum absolute atomic E-state index is 14.2. The lowest BCUT2D eigenvalue weighted by Crippen LogP contribution is -2.48. The van der Waals surface area contributed by atoms with Crippen LogP contribution >= 0.6 is 0 Å². The number of likely N-dealkylation sites (N-methyl/N-ethyl adjacent to an activating group) is 1. The maximum atomic E-state index is 14.2. The van der Waals surface area contributed by atoms with Crippen LogP contribution in [0.1, 0.15) is 5.56 Å². The monoisotopic (exact) mass is 281 g/mol. The first-order valence-corrected chi connectivity index (χ1v) is 7.07. The molecule has 0 aliphatic carbocycles. The van der Waals surface area contributed by atoms with Gasteiger partial charge in [0, 0.05) is 57.6 Å². The standard InChI is InChI=1S/C14H24FN5/c1-18(2)5-6-19-7-9-20(10-8-19)14-13(15)12(11-16)3-4-17-14/h3-4H,5-11,16H2,1-2H3. The number of piperazine rings is 1. The summed E-state index contributed by atoms with van der Waals surface area (Å²) in [7, 11) is 4.15. The molecule has 0 spiro atoms. The van der Waals surface area contributed by atoms with E-state index in [1.165, 1.54) is 0 Å². The third-order valence-corrected chi connectivity index (χ3v) is 3.71. The second kappa shape index (κ2) is 6.97. The fraction of sp³-hybridized carbons (Fsp3) is 0.643. The molecule has 6 heteroatoms. The van der Waals surface area contributed by atoms with Crippen molar-refractivity contribution in [3.63, 3.8) is 0 Å². The summed E-state index contributed by atoms with van der Waals surface area (Å²) in [6.45, 7) is 5.83. The molecule has 0 bridgehead atoms. The van der Waals surface area contributed by atoms with Gasteiger partial charge in [-0.3, -0.25) is 4.90 Å². The van der Waals surface area contributed by atoms with Gasteiger partial charge in [-0.1, -0.05) is 0 Å². The number of rotatable bonds is 5. The van der Waals surface area contributed by atoms with Crippen molar-refractivity contribution in [2.24, 2.45) is 5.73 Å². The van der Waals surface area contributed by atoms with Crippen molar-refractivity contribution in [1.82, 2.24) is 14.8 Å². The SMILES string of the molecule is CN(C)CCN1CCN(c2nccc(CN)c2F)CC1. The first-order valence-electron chi connectivity index (χ1n) is 7.07. The summed E-state index contributed by atoms with van der Waals surface area (Å²) in [5, 5.41) is 0. The normalized spacial score (nSPS) is 16.9. The Morgan fingerprint density at radius 2 is 2.00 bits per heavy atom. The van der Waals surface area contributed by atoms with E-state index in [9.17, 15) is 4.39 Å².